The van der Waals surface area contributed by atoms with Gasteiger partial charge in [-0.2, -0.15) is 0 Å². The lowest BCUT2D eigenvalue weighted by Gasteiger charge is -2.08. The second-order valence-corrected chi connectivity index (χ2v) is 9.49. The molecular weight excluding hydrogens is 504 g/mol. The van der Waals surface area contributed by atoms with E-state index in [1.807, 2.05) is 18.2 Å². The van der Waals surface area contributed by atoms with Crippen LogP contribution in [0.5, 0.6) is 0 Å². The summed E-state index contributed by atoms with van der Waals surface area (Å²) in [5.41, 5.74) is 15.6. The summed E-state index contributed by atoms with van der Waals surface area (Å²) in [6.07, 6.45) is 0.713. The largest absolute Gasteiger partial charge is 0.370 e. The minimum Gasteiger partial charge on any atom is -0.370 e. The lowest BCUT2D eigenvalue weighted by molar-refractivity contribution is 0.0953. The SMILES string of the molecule is Cn1c(C(=O)c2nc3ccc(N=C(N)N)cc3[nH]2)nc2ccc(C(=O)NCCc3cccc4ccccc34)cc21. The highest BCUT2D eigenvalue weighted by atomic mass is 16.1. The van der Waals surface area contributed by atoms with Crippen molar-refractivity contribution < 1.29 is 9.59 Å². The summed E-state index contributed by atoms with van der Waals surface area (Å²) >= 11 is 0. The van der Waals surface area contributed by atoms with Crippen molar-refractivity contribution in [1.82, 2.24) is 24.8 Å². The second-order valence-electron chi connectivity index (χ2n) is 9.49. The van der Waals surface area contributed by atoms with E-state index in [1.54, 1.807) is 48.0 Å². The second kappa shape index (κ2) is 9.99. The molecule has 10 nitrogen and oxygen atoms in total. The minimum absolute atomic E-state index is 0.0623. The van der Waals surface area contributed by atoms with Crippen LogP contribution in [0.15, 0.2) is 83.9 Å². The van der Waals surface area contributed by atoms with Crippen molar-refractivity contribution >= 4 is 56.2 Å². The first-order chi connectivity index (χ1) is 19.4. The number of nitrogens with zero attached hydrogens (tertiary/aromatic N) is 4. The molecule has 2 aromatic heterocycles. The monoisotopic (exact) mass is 530 g/mol. The van der Waals surface area contributed by atoms with Gasteiger partial charge in [0.2, 0.25) is 0 Å². The van der Waals surface area contributed by atoms with Crippen LogP contribution >= 0.6 is 0 Å². The van der Waals surface area contributed by atoms with E-state index >= 15 is 0 Å². The molecule has 0 spiro atoms. The summed E-state index contributed by atoms with van der Waals surface area (Å²) < 4.78 is 1.67. The highest BCUT2D eigenvalue weighted by molar-refractivity contribution is 6.08. The average Bonchev–Trinajstić information content (AvgIpc) is 3.53. The normalized spacial score (nSPS) is 11.2. The zero-order valence-electron chi connectivity index (χ0n) is 21.7. The van der Waals surface area contributed by atoms with E-state index < -0.39 is 0 Å². The molecular formula is C30H26N8O2. The number of nitrogens with one attached hydrogen (secondary N) is 2. The molecule has 0 aliphatic carbocycles. The third kappa shape index (κ3) is 4.62. The number of ketones is 1. The Balaban J connectivity index is 1.20. The molecule has 0 aliphatic heterocycles. The van der Waals surface area contributed by atoms with Gasteiger partial charge in [-0.25, -0.2) is 15.0 Å². The number of rotatable bonds is 7. The van der Waals surface area contributed by atoms with Crippen LogP contribution < -0.4 is 16.8 Å². The number of aromatic amines is 1. The fourth-order valence-corrected chi connectivity index (χ4v) is 4.89. The smallest absolute Gasteiger partial charge is 0.263 e. The predicted octanol–water partition coefficient (Wildman–Crippen LogP) is 3.71. The highest BCUT2D eigenvalue weighted by Crippen LogP contribution is 2.23. The molecule has 0 atom stereocenters. The zero-order chi connectivity index (χ0) is 27.8. The van der Waals surface area contributed by atoms with Gasteiger partial charge in [0.1, 0.15) is 0 Å². The van der Waals surface area contributed by atoms with Gasteiger partial charge in [-0.15, -0.1) is 0 Å². The van der Waals surface area contributed by atoms with Crippen molar-refractivity contribution in [3.05, 3.63) is 102 Å². The molecule has 6 aromatic rings. The number of aryl methyl sites for hydroxylation is 1. The average molecular weight is 531 g/mol. The maximum absolute atomic E-state index is 13.3. The van der Waals surface area contributed by atoms with Crippen LogP contribution in [0, 0.1) is 0 Å². The Bertz CT molecular complexity index is 1960. The first-order valence-corrected chi connectivity index (χ1v) is 12.7. The maximum Gasteiger partial charge on any atom is 0.263 e. The molecule has 2 heterocycles. The fourth-order valence-electron chi connectivity index (χ4n) is 4.89. The molecule has 1 amide bonds. The van der Waals surface area contributed by atoms with Crippen molar-refractivity contribution in [2.45, 2.75) is 6.42 Å². The number of amides is 1. The summed E-state index contributed by atoms with van der Waals surface area (Å²) in [5, 5.41) is 5.37. The van der Waals surface area contributed by atoms with Crippen molar-refractivity contribution in [2.24, 2.45) is 23.5 Å². The van der Waals surface area contributed by atoms with Gasteiger partial charge in [-0.05, 0) is 59.2 Å². The van der Waals surface area contributed by atoms with Crippen LogP contribution in [0.25, 0.3) is 32.8 Å². The van der Waals surface area contributed by atoms with Crippen LogP contribution in [0.4, 0.5) is 5.69 Å². The molecule has 0 radical (unpaired) electrons. The van der Waals surface area contributed by atoms with Gasteiger partial charge in [0.25, 0.3) is 11.7 Å². The Morgan fingerprint density at radius 3 is 2.60 bits per heavy atom. The fraction of sp³-hybridized carbons (Fsp3) is 0.100. The van der Waals surface area contributed by atoms with Crippen LogP contribution in [0.2, 0.25) is 0 Å². The summed E-state index contributed by atoms with van der Waals surface area (Å²) in [6.45, 7) is 0.497. The van der Waals surface area contributed by atoms with Crippen LogP contribution in [0.1, 0.15) is 32.4 Å². The number of carbonyl (C=O) groups excluding carboxylic acids is 2. The van der Waals surface area contributed by atoms with Crippen molar-refractivity contribution in [3.8, 4) is 0 Å². The van der Waals surface area contributed by atoms with Gasteiger partial charge in [-0.3, -0.25) is 9.59 Å². The molecule has 0 fully saturated rings. The van der Waals surface area contributed by atoms with Crippen molar-refractivity contribution in [1.29, 1.82) is 0 Å². The number of fused-ring (bicyclic) bond motifs is 3. The molecule has 6 rings (SSSR count). The molecule has 6 N–H and O–H groups in total. The lowest BCUT2D eigenvalue weighted by Crippen LogP contribution is -2.25. The quantitative estimate of drug-likeness (QED) is 0.140. The van der Waals surface area contributed by atoms with Crippen LogP contribution in [0.3, 0.4) is 0 Å². The lowest BCUT2D eigenvalue weighted by atomic mass is 10.0. The predicted molar refractivity (Wildman–Crippen MR) is 156 cm³/mol. The van der Waals surface area contributed by atoms with Crippen LogP contribution in [-0.2, 0) is 13.5 Å². The summed E-state index contributed by atoms with van der Waals surface area (Å²) in [5.74, 6) is -0.286. The van der Waals surface area contributed by atoms with E-state index in [4.69, 9.17) is 11.5 Å². The van der Waals surface area contributed by atoms with Crippen molar-refractivity contribution in [2.75, 3.05) is 6.54 Å². The van der Waals surface area contributed by atoms with E-state index in [9.17, 15) is 9.59 Å². The molecule has 0 saturated heterocycles. The van der Waals surface area contributed by atoms with Gasteiger partial charge in [0.15, 0.2) is 17.6 Å². The van der Waals surface area contributed by atoms with Crippen LogP contribution in [-0.4, -0.2) is 43.7 Å². The Hall–Kier alpha value is -5.51. The number of nitrogens with two attached hydrogens (primary N) is 2. The van der Waals surface area contributed by atoms with E-state index in [2.05, 4.69) is 49.5 Å². The third-order valence-electron chi connectivity index (χ3n) is 6.84. The molecule has 4 aromatic carbocycles. The number of benzene rings is 4. The van der Waals surface area contributed by atoms with E-state index in [-0.39, 0.29) is 29.3 Å². The molecule has 0 bridgehead atoms. The molecule has 0 aliphatic rings. The first kappa shape index (κ1) is 24.8. The Kier molecular flexibility index (Phi) is 6.19. The number of aromatic nitrogens is 4. The number of H-pyrrole nitrogens is 1. The summed E-state index contributed by atoms with van der Waals surface area (Å²) in [7, 11) is 1.74. The number of hydrogen-bond donors (Lipinski definition) is 4. The van der Waals surface area contributed by atoms with E-state index in [0.717, 1.165) is 0 Å². The minimum atomic E-state index is -0.376. The Morgan fingerprint density at radius 2 is 1.75 bits per heavy atom. The number of guanidine groups is 1. The maximum atomic E-state index is 13.3. The number of aliphatic imine (C=N–C) groups is 1. The van der Waals surface area contributed by atoms with Gasteiger partial charge >= 0.3 is 0 Å². The molecule has 10 heteroatoms. The zero-order valence-corrected chi connectivity index (χ0v) is 21.7. The number of imidazole rings is 2. The molecule has 40 heavy (non-hydrogen) atoms. The van der Waals surface area contributed by atoms with Crippen molar-refractivity contribution in [3.63, 3.8) is 0 Å². The third-order valence-corrected chi connectivity index (χ3v) is 6.84. The number of hydrogen-bond acceptors (Lipinski definition) is 5. The van der Waals surface area contributed by atoms with Gasteiger partial charge < -0.3 is 26.3 Å². The van der Waals surface area contributed by atoms with E-state index in [0.29, 0.717) is 46.3 Å². The van der Waals surface area contributed by atoms with E-state index in [1.165, 1.54) is 16.3 Å². The van der Waals surface area contributed by atoms with Gasteiger partial charge in [0.05, 0.1) is 27.8 Å². The first-order valence-electron chi connectivity index (χ1n) is 12.7. The van der Waals surface area contributed by atoms with Gasteiger partial charge in [0, 0.05) is 19.2 Å². The number of carbonyl (C=O) groups is 2. The summed E-state index contributed by atoms with van der Waals surface area (Å²) in [4.78, 5) is 42.3. The molecule has 0 unspecified atom stereocenters. The molecule has 0 saturated carbocycles. The standard InChI is InChI=1S/C30H26N8O2/c1-38-25-15-19(29(40)33-14-13-18-7-4-6-17-5-2-3-8-21(17)18)9-11-23(25)37-28(38)26(39)27-35-22-12-10-20(34-30(31)32)16-24(22)36-27/h2-12,15-16H,13-14H2,1H3,(H,33,40)(H,35,36)(H4,31,32,34). The summed E-state index contributed by atoms with van der Waals surface area (Å²) in [6, 6.07) is 24.7. The topological polar surface area (TPSA) is 157 Å². The van der Waals surface area contributed by atoms with Gasteiger partial charge in [-0.1, -0.05) is 42.5 Å². The Morgan fingerprint density at radius 1 is 0.950 bits per heavy atom. The molecule has 198 valence electrons. The Labute approximate surface area is 228 Å². The highest BCUT2D eigenvalue weighted by Gasteiger charge is 2.21.